The fourth-order valence-corrected chi connectivity index (χ4v) is 2.60. The minimum atomic E-state index is 0.198. The molecule has 1 aliphatic rings. The molecule has 7 nitrogen and oxygen atoms in total. The van der Waals surface area contributed by atoms with Crippen LogP contribution in [0, 0.1) is 0 Å². The standard InChI is InChI=1S/C13H18N6O/c20-13(3-6-17-7-4-14-10-17)18-5-1-2-12(8-18)19-11-15-9-16-19/h4,7,9-12H,1-3,5-6,8H2/t12-/m1/s1. The highest BCUT2D eigenvalue weighted by molar-refractivity contribution is 5.76. The van der Waals surface area contributed by atoms with Crippen LogP contribution in [0.25, 0.3) is 0 Å². The molecule has 7 heteroatoms. The summed E-state index contributed by atoms with van der Waals surface area (Å²) >= 11 is 0. The third-order valence-corrected chi connectivity index (χ3v) is 3.70. The van der Waals surface area contributed by atoms with Gasteiger partial charge in [0.2, 0.25) is 5.91 Å². The van der Waals surface area contributed by atoms with Gasteiger partial charge in [-0.1, -0.05) is 0 Å². The molecule has 0 bridgehead atoms. The van der Waals surface area contributed by atoms with Crippen LogP contribution in [0.2, 0.25) is 0 Å². The number of imidazole rings is 1. The number of aromatic nitrogens is 5. The van der Waals surface area contributed by atoms with Gasteiger partial charge in [0.15, 0.2) is 0 Å². The van der Waals surface area contributed by atoms with Crippen LogP contribution in [0.5, 0.6) is 0 Å². The molecule has 3 heterocycles. The minimum absolute atomic E-state index is 0.198. The zero-order valence-corrected chi connectivity index (χ0v) is 11.3. The van der Waals surface area contributed by atoms with E-state index in [9.17, 15) is 4.79 Å². The summed E-state index contributed by atoms with van der Waals surface area (Å²) in [6, 6.07) is 0.253. The van der Waals surface area contributed by atoms with Crippen LogP contribution in [0.1, 0.15) is 25.3 Å². The van der Waals surface area contributed by atoms with Crippen molar-refractivity contribution < 1.29 is 4.79 Å². The second-order valence-electron chi connectivity index (χ2n) is 5.06. The van der Waals surface area contributed by atoms with Crippen molar-refractivity contribution in [3.05, 3.63) is 31.4 Å². The fourth-order valence-electron chi connectivity index (χ4n) is 2.60. The lowest BCUT2D eigenvalue weighted by Gasteiger charge is -2.32. The van der Waals surface area contributed by atoms with E-state index in [2.05, 4.69) is 15.1 Å². The van der Waals surface area contributed by atoms with Crippen molar-refractivity contribution in [2.75, 3.05) is 13.1 Å². The number of hydrogen-bond donors (Lipinski definition) is 0. The Balaban J connectivity index is 1.55. The molecule has 1 aliphatic heterocycles. The van der Waals surface area contributed by atoms with E-state index in [1.807, 2.05) is 20.3 Å². The molecule has 0 aromatic carbocycles. The summed E-state index contributed by atoms with van der Waals surface area (Å²) < 4.78 is 3.78. The van der Waals surface area contributed by atoms with Gasteiger partial charge in [0.05, 0.1) is 12.4 Å². The highest BCUT2D eigenvalue weighted by Crippen LogP contribution is 2.20. The van der Waals surface area contributed by atoms with Crippen LogP contribution in [-0.2, 0) is 11.3 Å². The first-order valence-corrected chi connectivity index (χ1v) is 6.90. The number of likely N-dealkylation sites (tertiary alicyclic amines) is 1. The number of amides is 1. The summed E-state index contributed by atoms with van der Waals surface area (Å²) in [7, 11) is 0. The second kappa shape index (κ2) is 5.85. The van der Waals surface area contributed by atoms with Crippen molar-refractivity contribution in [3.8, 4) is 0 Å². The predicted octanol–water partition coefficient (Wildman–Crippen LogP) is 0.728. The van der Waals surface area contributed by atoms with Crippen LogP contribution in [0.15, 0.2) is 31.4 Å². The third kappa shape index (κ3) is 2.87. The van der Waals surface area contributed by atoms with Crippen LogP contribution in [0.4, 0.5) is 0 Å². The van der Waals surface area contributed by atoms with Crippen LogP contribution >= 0.6 is 0 Å². The Morgan fingerprint density at radius 1 is 1.30 bits per heavy atom. The van der Waals surface area contributed by atoms with Gasteiger partial charge in [0.1, 0.15) is 12.7 Å². The van der Waals surface area contributed by atoms with E-state index < -0.39 is 0 Å². The van der Waals surface area contributed by atoms with E-state index in [1.54, 1.807) is 25.2 Å². The van der Waals surface area contributed by atoms with Crippen LogP contribution in [-0.4, -0.2) is 48.2 Å². The second-order valence-corrected chi connectivity index (χ2v) is 5.06. The fraction of sp³-hybridized carbons (Fsp3) is 0.538. The zero-order valence-electron chi connectivity index (χ0n) is 11.3. The maximum atomic E-state index is 12.3. The zero-order chi connectivity index (χ0) is 13.8. The minimum Gasteiger partial charge on any atom is -0.340 e. The number of rotatable bonds is 4. The summed E-state index contributed by atoms with van der Waals surface area (Å²) in [6.45, 7) is 2.25. The lowest BCUT2D eigenvalue weighted by atomic mass is 10.1. The normalized spacial score (nSPS) is 19.2. The van der Waals surface area contributed by atoms with Crippen LogP contribution in [0.3, 0.4) is 0 Å². The molecule has 1 fully saturated rings. The predicted molar refractivity (Wildman–Crippen MR) is 71.7 cm³/mol. The van der Waals surface area contributed by atoms with Gasteiger partial charge in [-0.15, -0.1) is 0 Å². The summed E-state index contributed by atoms with van der Waals surface area (Å²) in [5.41, 5.74) is 0. The summed E-state index contributed by atoms with van der Waals surface area (Å²) in [5.74, 6) is 0.198. The molecule has 0 saturated carbocycles. The van der Waals surface area contributed by atoms with Crippen molar-refractivity contribution in [1.82, 2.24) is 29.2 Å². The summed E-state index contributed by atoms with van der Waals surface area (Å²) in [4.78, 5) is 22.1. The number of hydrogen-bond acceptors (Lipinski definition) is 4. The quantitative estimate of drug-likeness (QED) is 0.824. The molecule has 3 rings (SSSR count). The largest absolute Gasteiger partial charge is 0.340 e. The van der Waals surface area contributed by atoms with Crippen molar-refractivity contribution in [3.63, 3.8) is 0 Å². The third-order valence-electron chi connectivity index (χ3n) is 3.70. The van der Waals surface area contributed by atoms with Gasteiger partial charge in [-0.3, -0.25) is 4.79 Å². The maximum Gasteiger partial charge on any atom is 0.224 e. The smallest absolute Gasteiger partial charge is 0.224 e. The van der Waals surface area contributed by atoms with E-state index in [1.165, 1.54) is 0 Å². The van der Waals surface area contributed by atoms with Gasteiger partial charge in [-0.05, 0) is 12.8 Å². The average molecular weight is 274 g/mol. The molecule has 1 atom stereocenters. The Labute approximate surface area is 117 Å². The van der Waals surface area contributed by atoms with Gasteiger partial charge >= 0.3 is 0 Å². The van der Waals surface area contributed by atoms with Gasteiger partial charge in [-0.2, -0.15) is 5.10 Å². The molecule has 20 heavy (non-hydrogen) atoms. The Hall–Kier alpha value is -2.18. The maximum absolute atomic E-state index is 12.3. The topological polar surface area (TPSA) is 68.8 Å². The Bertz CT molecular complexity index is 535. The number of aryl methyl sites for hydroxylation is 1. The van der Waals surface area contributed by atoms with E-state index in [0.717, 1.165) is 25.9 Å². The van der Waals surface area contributed by atoms with Crippen molar-refractivity contribution in [2.45, 2.75) is 31.8 Å². The summed E-state index contributed by atoms with van der Waals surface area (Å²) in [5, 5.41) is 4.18. The molecule has 0 radical (unpaired) electrons. The Morgan fingerprint density at radius 2 is 2.25 bits per heavy atom. The lowest BCUT2D eigenvalue weighted by molar-refractivity contribution is -0.133. The molecular weight excluding hydrogens is 256 g/mol. The molecule has 0 spiro atoms. The first kappa shape index (κ1) is 12.8. The SMILES string of the molecule is O=C(CCn1ccnc1)N1CCC[C@@H](n2cncn2)C1. The average Bonchev–Trinajstić information content (AvgIpc) is 3.18. The van der Waals surface area contributed by atoms with Crippen molar-refractivity contribution in [1.29, 1.82) is 0 Å². The van der Waals surface area contributed by atoms with E-state index in [0.29, 0.717) is 13.0 Å². The van der Waals surface area contributed by atoms with E-state index in [-0.39, 0.29) is 11.9 Å². The molecule has 106 valence electrons. The molecule has 1 amide bonds. The lowest BCUT2D eigenvalue weighted by Crippen LogP contribution is -2.41. The van der Waals surface area contributed by atoms with Crippen molar-refractivity contribution >= 4 is 5.91 Å². The monoisotopic (exact) mass is 274 g/mol. The number of carbonyl (C=O) groups is 1. The molecule has 0 aliphatic carbocycles. The van der Waals surface area contributed by atoms with Crippen molar-refractivity contribution in [2.24, 2.45) is 0 Å². The number of carbonyl (C=O) groups excluding carboxylic acids is 1. The highest BCUT2D eigenvalue weighted by Gasteiger charge is 2.24. The number of piperidine rings is 1. The Kier molecular flexibility index (Phi) is 3.76. The highest BCUT2D eigenvalue weighted by atomic mass is 16.2. The summed E-state index contributed by atoms with van der Waals surface area (Å²) in [6.07, 6.45) is 11.2. The Morgan fingerprint density at radius 3 is 3.00 bits per heavy atom. The molecule has 0 N–H and O–H groups in total. The molecule has 1 saturated heterocycles. The van der Waals surface area contributed by atoms with Gasteiger partial charge < -0.3 is 9.47 Å². The van der Waals surface area contributed by atoms with E-state index in [4.69, 9.17) is 0 Å². The molecule has 2 aromatic heterocycles. The molecule has 2 aromatic rings. The van der Waals surface area contributed by atoms with Crippen LogP contribution < -0.4 is 0 Å². The first-order chi connectivity index (χ1) is 9.83. The molecule has 0 unspecified atom stereocenters. The molecular formula is C13H18N6O. The van der Waals surface area contributed by atoms with Gasteiger partial charge in [0, 0.05) is 38.4 Å². The first-order valence-electron chi connectivity index (χ1n) is 6.90. The van der Waals surface area contributed by atoms with Gasteiger partial charge in [0.25, 0.3) is 0 Å². The van der Waals surface area contributed by atoms with E-state index >= 15 is 0 Å². The number of nitrogens with zero attached hydrogens (tertiary/aromatic N) is 6. The van der Waals surface area contributed by atoms with Gasteiger partial charge in [-0.25, -0.2) is 14.6 Å².